The number of nitrogens with one attached hydrogen (secondary N) is 1. The predicted octanol–water partition coefficient (Wildman–Crippen LogP) is 5.23. The Bertz CT molecular complexity index is 1560. The number of aryl methyl sites for hydroxylation is 1. The molecule has 4 aromatic rings. The van der Waals surface area contributed by atoms with Crippen LogP contribution in [0.1, 0.15) is 16.7 Å². The number of sulfonamides is 1. The highest BCUT2D eigenvalue weighted by Crippen LogP contribution is 2.25. The van der Waals surface area contributed by atoms with Crippen molar-refractivity contribution in [3.63, 3.8) is 0 Å². The van der Waals surface area contributed by atoms with Gasteiger partial charge < -0.3 is 10.2 Å². The maximum atomic E-state index is 14.2. The molecule has 1 N–H and O–H groups in total. The number of nitrogens with zero attached hydrogens (tertiary/aromatic N) is 2. The van der Waals surface area contributed by atoms with Crippen LogP contribution in [0, 0.1) is 6.92 Å². The van der Waals surface area contributed by atoms with Crippen molar-refractivity contribution < 1.29 is 18.0 Å². The summed E-state index contributed by atoms with van der Waals surface area (Å²) in [5.74, 6) is -0.881. The number of carbonyl (C=O) groups excluding carboxylic acids is 2. The lowest BCUT2D eigenvalue weighted by Crippen LogP contribution is -2.53. The molecule has 0 unspecified atom stereocenters. The van der Waals surface area contributed by atoms with Crippen molar-refractivity contribution >= 4 is 39.1 Å². The Morgan fingerprint density at radius 1 is 0.805 bits per heavy atom. The Balaban J connectivity index is 1.77. The van der Waals surface area contributed by atoms with Crippen LogP contribution in [0.3, 0.4) is 0 Å². The number of likely N-dealkylation sites (N-methyl/N-ethyl adjacent to an activating group) is 1. The van der Waals surface area contributed by atoms with Crippen molar-refractivity contribution in [2.45, 2.75) is 30.8 Å². The quantitative estimate of drug-likeness (QED) is 0.260. The molecule has 7 nitrogen and oxygen atoms in total. The summed E-state index contributed by atoms with van der Waals surface area (Å²) in [6, 6.07) is 30.4. The first kappa shape index (κ1) is 29.8. The number of hydrogen-bond donors (Lipinski definition) is 1. The second-order valence-electron chi connectivity index (χ2n) is 9.63. The Morgan fingerprint density at radius 2 is 1.39 bits per heavy atom. The molecule has 0 heterocycles. The number of amides is 2. The fourth-order valence-corrected chi connectivity index (χ4v) is 6.03. The van der Waals surface area contributed by atoms with Crippen LogP contribution in [0.2, 0.25) is 5.02 Å². The summed E-state index contributed by atoms with van der Waals surface area (Å²) in [5, 5.41) is 3.22. The fraction of sp³-hybridized carbons (Fsp3) is 0.188. The highest BCUT2D eigenvalue weighted by Gasteiger charge is 2.34. The zero-order valence-electron chi connectivity index (χ0n) is 22.9. The van der Waals surface area contributed by atoms with E-state index < -0.39 is 28.5 Å². The van der Waals surface area contributed by atoms with Gasteiger partial charge >= 0.3 is 0 Å². The van der Waals surface area contributed by atoms with E-state index in [1.807, 2.05) is 37.3 Å². The molecule has 0 aliphatic heterocycles. The van der Waals surface area contributed by atoms with Crippen LogP contribution in [0.5, 0.6) is 0 Å². The van der Waals surface area contributed by atoms with Crippen LogP contribution in [0.25, 0.3) is 0 Å². The van der Waals surface area contributed by atoms with Gasteiger partial charge in [0, 0.05) is 25.0 Å². The topological polar surface area (TPSA) is 86.8 Å². The van der Waals surface area contributed by atoms with Crippen molar-refractivity contribution in [2.75, 3.05) is 17.9 Å². The third-order valence-corrected chi connectivity index (χ3v) is 8.76. The number of halogens is 1. The van der Waals surface area contributed by atoms with E-state index in [-0.39, 0.29) is 23.8 Å². The van der Waals surface area contributed by atoms with Gasteiger partial charge in [0.1, 0.15) is 12.6 Å². The van der Waals surface area contributed by atoms with Crippen LogP contribution >= 0.6 is 11.6 Å². The van der Waals surface area contributed by atoms with Gasteiger partial charge in [-0.1, -0.05) is 90.0 Å². The highest BCUT2D eigenvalue weighted by atomic mass is 35.5. The van der Waals surface area contributed by atoms with Gasteiger partial charge in [0.2, 0.25) is 11.8 Å². The van der Waals surface area contributed by atoms with Crippen molar-refractivity contribution in [3.8, 4) is 0 Å². The number of benzene rings is 4. The number of rotatable bonds is 11. The summed E-state index contributed by atoms with van der Waals surface area (Å²) in [6.45, 7) is 1.47. The fourth-order valence-electron chi connectivity index (χ4n) is 4.47. The SMILES string of the molecule is CNC(=O)[C@H](Cc1ccccc1)N(Cc1ccc(Cl)cc1)C(=O)CN(c1ccc(C)cc1)S(=O)(=O)c1ccccc1. The van der Waals surface area contributed by atoms with E-state index in [9.17, 15) is 18.0 Å². The highest BCUT2D eigenvalue weighted by molar-refractivity contribution is 7.92. The van der Waals surface area contributed by atoms with Crippen LogP contribution in [-0.2, 0) is 32.6 Å². The lowest BCUT2D eigenvalue weighted by molar-refractivity contribution is -0.139. The molecule has 0 aliphatic rings. The Labute approximate surface area is 246 Å². The first-order chi connectivity index (χ1) is 19.7. The molecule has 4 aromatic carbocycles. The van der Waals surface area contributed by atoms with Crippen molar-refractivity contribution in [1.29, 1.82) is 0 Å². The van der Waals surface area contributed by atoms with Gasteiger partial charge in [0.05, 0.1) is 10.6 Å². The van der Waals surface area contributed by atoms with E-state index in [4.69, 9.17) is 11.6 Å². The Hall–Kier alpha value is -4.14. The molecule has 4 rings (SSSR count). The molecule has 0 fully saturated rings. The smallest absolute Gasteiger partial charge is 0.264 e. The minimum atomic E-state index is -4.12. The molecule has 0 spiro atoms. The maximum absolute atomic E-state index is 14.2. The van der Waals surface area contributed by atoms with E-state index >= 15 is 0 Å². The van der Waals surface area contributed by atoms with E-state index in [0.717, 1.165) is 21.0 Å². The number of hydrogen-bond acceptors (Lipinski definition) is 4. The van der Waals surface area contributed by atoms with Gasteiger partial charge in [-0.15, -0.1) is 0 Å². The van der Waals surface area contributed by atoms with Gasteiger partial charge in [-0.3, -0.25) is 13.9 Å². The van der Waals surface area contributed by atoms with Gasteiger partial charge in [-0.05, 0) is 54.4 Å². The molecule has 0 bridgehead atoms. The lowest BCUT2D eigenvalue weighted by Gasteiger charge is -2.33. The minimum Gasteiger partial charge on any atom is -0.357 e. The largest absolute Gasteiger partial charge is 0.357 e. The first-order valence-corrected chi connectivity index (χ1v) is 14.9. The predicted molar refractivity (Wildman–Crippen MR) is 162 cm³/mol. The van der Waals surface area contributed by atoms with Crippen molar-refractivity contribution in [3.05, 3.63) is 131 Å². The molecule has 9 heteroatoms. The zero-order valence-corrected chi connectivity index (χ0v) is 24.5. The average molecular weight is 590 g/mol. The number of anilines is 1. The molecule has 2 amide bonds. The molecule has 0 saturated carbocycles. The minimum absolute atomic E-state index is 0.0600. The Morgan fingerprint density at radius 3 is 1.98 bits per heavy atom. The molecular weight excluding hydrogens is 558 g/mol. The van der Waals surface area contributed by atoms with E-state index in [1.165, 1.54) is 24.1 Å². The van der Waals surface area contributed by atoms with Gasteiger partial charge in [0.15, 0.2) is 0 Å². The van der Waals surface area contributed by atoms with Crippen LogP contribution in [0.4, 0.5) is 5.69 Å². The molecular formula is C32H32ClN3O4S. The number of carbonyl (C=O) groups is 2. The third kappa shape index (κ3) is 7.54. The van der Waals surface area contributed by atoms with Crippen molar-refractivity contribution in [2.24, 2.45) is 0 Å². The Kier molecular flexibility index (Phi) is 9.81. The third-order valence-electron chi connectivity index (χ3n) is 6.72. The van der Waals surface area contributed by atoms with Gasteiger partial charge in [-0.25, -0.2) is 8.42 Å². The first-order valence-electron chi connectivity index (χ1n) is 13.1. The molecule has 212 valence electrons. The molecule has 0 aromatic heterocycles. The van der Waals surface area contributed by atoms with E-state index in [1.54, 1.807) is 66.7 Å². The summed E-state index contributed by atoms with van der Waals surface area (Å²) in [6.07, 6.45) is 0.246. The summed E-state index contributed by atoms with van der Waals surface area (Å²) >= 11 is 6.09. The summed E-state index contributed by atoms with van der Waals surface area (Å²) < 4.78 is 28.9. The van der Waals surface area contributed by atoms with Crippen LogP contribution in [0.15, 0.2) is 114 Å². The normalized spacial score (nSPS) is 11.9. The summed E-state index contributed by atoms with van der Waals surface area (Å²) in [5.41, 5.74) is 2.91. The van der Waals surface area contributed by atoms with Gasteiger partial charge in [0.25, 0.3) is 10.0 Å². The second-order valence-corrected chi connectivity index (χ2v) is 11.9. The van der Waals surface area contributed by atoms with Gasteiger partial charge in [-0.2, -0.15) is 0 Å². The standard InChI is InChI=1S/C32H32ClN3O4S/c1-24-13-19-28(20-14-24)36(41(39,40)29-11-7-4-8-12-29)23-31(37)35(22-26-15-17-27(33)18-16-26)30(32(38)34-2)21-25-9-5-3-6-10-25/h3-20,30H,21-23H2,1-2H3,(H,34,38)/t30-/m0/s1. The van der Waals surface area contributed by atoms with Crippen LogP contribution < -0.4 is 9.62 Å². The lowest BCUT2D eigenvalue weighted by atomic mass is 10.0. The monoisotopic (exact) mass is 589 g/mol. The summed E-state index contributed by atoms with van der Waals surface area (Å²) in [4.78, 5) is 29.0. The average Bonchev–Trinajstić information content (AvgIpc) is 2.99. The zero-order chi connectivity index (χ0) is 29.4. The maximum Gasteiger partial charge on any atom is 0.264 e. The van der Waals surface area contributed by atoms with E-state index in [2.05, 4.69) is 5.32 Å². The molecule has 0 radical (unpaired) electrons. The van der Waals surface area contributed by atoms with Crippen molar-refractivity contribution in [1.82, 2.24) is 10.2 Å². The molecule has 0 saturated heterocycles. The summed E-state index contributed by atoms with van der Waals surface area (Å²) in [7, 11) is -2.60. The molecule has 0 aliphatic carbocycles. The second kappa shape index (κ2) is 13.5. The molecule has 1 atom stereocenters. The molecule has 41 heavy (non-hydrogen) atoms. The van der Waals surface area contributed by atoms with E-state index in [0.29, 0.717) is 10.7 Å². The van der Waals surface area contributed by atoms with Crippen LogP contribution in [-0.4, -0.2) is 44.8 Å².